The smallest absolute Gasteiger partial charge is 0.307 e. The van der Waals surface area contributed by atoms with Crippen LogP contribution in [-0.4, -0.2) is 18.1 Å². The normalized spacial score (nSPS) is 11.3. The predicted molar refractivity (Wildman–Crippen MR) is 73.3 cm³/mol. The van der Waals surface area contributed by atoms with E-state index in [0.717, 1.165) is 6.54 Å². The monoisotopic (exact) mass is 249 g/mol. The Morgan fingerprint density at radius 1 is 1.28 bits per heavy atom. The topological polar surface area (TPSA) is 38.3 Å². The van der Waals surface area contributed by atoms with Crippen molar-refractivity contribution in [2.75, 3.05) is 6.54 Å². The van der Waals surface area contributed by atoms with Crippen LogP contribution in [0.25, 0.3) is 0 Å². The van der Waals surface area contributed by atoms with Crippen molar-refractivity contribution in [1.29, 1.82) is 0 Å². The van der Waals surface area contributed by atoms with E-state index in [2.05, 4.69) is 24.4 Å². The highest BCUT2D eigenvalue weighted by atomic mass is 16.6. The quantitative estimate of drug-likeness (QED) is 0.644. The molecule has 0 amide bonds. The third kappa shape index (κ3) is 5.82. The van der Waals surface area contributed by atoms with Crippen molar-refractivity contribution in [2.24, 2.45) is 0 Å². The van der Waals surface area contributed by atoms with Crippen molar-refractivity contribution < 1.29 is 9.53 Å². The van der Waals surface area contributed by atoms with Crippen molar-refractivity contribution >= 4 is 5.97 Å². The Balaban J connectivity index is 2.23. The number of rotatable bonds is 5. The molecule has 0 bridgehead atoms. The average Bonchev–Trinajstić information content (AvgIpc) is 2.24. The molecule has 1 rings (SSSR count). The molecule has 3 nitrogen and oxygen atoms in total. The van der Waals surface area contributed by atoms with Crippen LogP contribution in [0.5, 0.6) is 0 Å². The van der Waals surface area contributed by atoms with Gasteiger partial charge in [0, 0.05) is 13.1 Å². The Morgan fingerprint density at radius 3 is 2.56 bits per heavy atom. The minimum Gasteiger partial charge on any atom is -0.460 e. The summed E-state index contributed by atoms with van der Waals surface area (Å²) in [5.74, 6) is -0.153. The average molecular weight is 249 g/mol. The molecular weight excluding hydrogens is 226 g/mol. The molecule has 0 unspecified atom stereocenters. The first-order valence-electron chi connectivity index (χ1n) is 6.35. The molecule has 0 aliphatic carbocycles. The second-order valence-electron chi connectivity index (χ2n) is 5.44. The van der Waals surface area contributed by atoms with E-state index in [1.807, 2.05) is 32.9 Å². The van der Waals surface area contributed by atoms with Gasteiger partial charge in [-0.15, -0.1) is 0 Å². The van der Waals surface area contributed by atoms with E-state index < -0.39 is 5.60 Å². The van der Waals surface area contributed by atoms with Crippen molar-refractivity contribution in [3.05, 3.63) is 35.4 Å². The summed E-state index contributed by atoms with van der Waals surface area (Å²) < 4.78 is 5.23. The molecule has 1 N–H and O–H groups in total. The molecule has 100 valence electrons. The van der Waals surface area contributed by atoms with Crippen molar-refractivity contribution in [2.45, 2.75) is 46.3 Å². The molecule has 0 saturated heterocycles. The number of esters is 1. The largest absolute Gasteiger partial charge is 0.460 e. The van der Waals surface area contributed by atoms with Gasteiger partial charge < -0.3 is 10.1 Å². The van der Waals surface area contributed by atoms with Gasteiger partial charge in [-0.2, -0.15) is 0 Å². The van der Waals surface area contributed by atoms with Gasteiger partial charge in [-0.1, -0.05) is 24.3 Å². The minimum absolute atomic E-state index is 0.153. The number of carbonyl (C=O) groups excluding carboxylic acids is 1. The van der Waals surface area contributed by atoms with E-state index in [9.17, 15) is 4.79 Å². The first-order valence-corrected chi connectivity index (χ1v) is 6.35. The maximum Gasteiger partial charge on any atom is 0.307 e. The zero-order chi connectivity index (χ0) is 13.6. The molecule has 3 heteroatoms. The van der Waals surface area contributed by atoms with E-state index in [4.69, 9.17) is 4.74 Å². The predicted octanol–water partition coefficient (Wildman–Crippen LogP) is 2.82. The first-order chi connectivity index (χ1) is 8.38. The summed E-state index contributed by atoms with van der Waals surface area (Å²) in [7, 11) is 0. The molecule has 1 aromatic carbocycles. The van der Waals surface area contributed by atoms with Crippen LogP contribution in [-0.2, 0) is 16.1 Å². The van der Waals surface area contributed by atoms with Crippen molar-refractivity contribution in [1.82, 2.24) is 5.32 Å². The number of benzene rings is 1. The van der Waals surface area contributed by atoms with Crippen molar-refractivity contribution in [3.8, 4) is 0 Å². The molecule has 0 heterocycles. The molecule has 0 spiro atoms. The number of nitrogens with one attached hydrogen (secondary N) is 1. The van der Waals surface area contributed by atoms with Gasteiger partial charge in [0.15, 0.2) is 0 Å². The van der Waals surface area contributed by atoms with Crippen LogP contribution in [0.1, 0.15) is 38.3 Å². The molecule has 0 aliphatic rings. The van der Waals surface area contributed by atoms with Crippen LogP contribution in [0, 0.1) is 6.92 Å². The number of ether oxygens (including phenoxy) is 1. The van der Waals surface area contributed by atoms with Gasteiger partial charge in [-0.25, -0.2) is 0 Å². The standard InChI is InChI=1S/C15H23NO2/c1-12-7-5-6-8-13(12)11-16-10-9-14(17)18-15(2,3)4/h5-8,16H,9-11H2,1-4H3. The maximum absolute atomic E-state index is 11.5. The van der Waals surface area contributed by atoms with Crippen LogP contribution in [0.2, 0.25) is 0 Å². The molecule has 0 radical (unpaired) electrons. The molecule has 0 aromatic heterocycles. The van der Waals surface area contributed by atoms with Crippen molar-refractivity contribution in [3.63, 3.8) is 0 Å². The second-order valence-corrected chi connectivity index (χ2v) is 5.44. The molecular formula is C15H23NO2. The summed E-state index contributed by atoms with van der Waals surface area (Å²) >= 11 is 0. The van der Waals surface area contributed by atoms with Gasteiger partial charge in [-0.3, -0.25) is 4.79 Å². The van der Waals surface area contributed by atoms with E-state index in [0.29, 0.717) is 13.0 Å². The Bertz CT molecular complexity index is 394. The van der Waals surface area contributed by atoms with Crippen LogP contribution >= 0.6 is 0 Å². The molecule has 1 aromatic rings. The van der Waals surface area contributed by atoms with Crippen LogP contribution in [0.4, 0.5) is 0 Å². The number of aryl methyl sites for hydroxylation is 1. The highest BCUT2D eigenvalue weighted by Gasteiger charge is 2.15. The summed E-state index contributed by atoms with van der Waals surface area (Å²) in [6.45, 7) is 9.16. The number of carbonyl (C=O) groups is 1. The minimum atomic E-state index is -0.396. The lowest BCUT2D eigenvalue weighted by atomic mass is 10.1. The van der Waals surface area contributed by atoms with Gasteiger partial charge in [0.2, 0.25) is 0 Å². The van der Waals surface area contributed by atoms with Gasteiger partial charge >= 0.3 is 5.97 Å². The highest BCUT2D eigenvalue weighted by Crippen LogP contribution is 2.08. The fraction of sp³-hybridized carbons (Fsp3) is 0.533. The van der Waals surface area contributed by atoms with Gasteiger partial charge in [-0.05, 0) is 38.8 Å². The van der Waals surface area contributed by atoms with Crippen LogP contribution in [0.15, 0.2) is 24.3 Å². The van der Waals surface area contributed by atoms with Gasteiger partial charge in [0.05, 0.1) is 6.42 Å². The first kappa shape index (κ1) is 14.7. The summed E-state index contributed by atoms with van der Waals surface area (Å²) in [5.41, 5.74) is 2.14. The SMILES string of the molecule is Cc1ccccc1CNCCC(=O)OC(C)(C)C. The van der Waals surface area contributed by atoms with Crippen LogP contribution in [0.3, 0.4) is 0 Å². The lowest BCUT2D eigenvalue weighted by Gasteiger charge is -2.19. The van der Waals surface area contributed by atoms with E-state index >= 15 is 0 Å². The van der Waals surface area contributed by atoms with E-state index in [1.165, 1.54) is 11.1 Å². The third-order valence-electron chi connectivity index (χ3n) is 2.50. The lowest BCUT2D eigenvalue weighted by Crippen LogP contribution is -2.26. The van der Waals surface area contributed by atoms with Crippen LogP contribution < -0.4 is 5.32 Å². The second kappa shape index (κ2) is 6.55. The molecule has 0 saturated carbocycles. The highest BCUT2D eigenvalue weighted by molar-refractivity contribution is 5.70. The zero-order valence-electron chi connectivity index (χ0n) is 11.7. The Morgan fingerprint density at radius 2 is 1.94 bits per heavy atom. The molecule has 0 aliphatic heterocycles. The van der Waals surface area contributed by atoms with Gasteiger partial charge in [0.25, 0.3) is 0 Å². The fourth-order valence-electron chi connectivity index (χ4n) is 1.61. The number of hydrogen-bond donors (Lipinski definition) is 1. The van der Waals surface area contributed by atoms with Gasteiger partial charge in [0.1, 0.15) is 5.60 Å². The Labute approximate surface area is 110 Å². The fourth-order valence-corrected chi connectivity index (χ4v) is 1.61. The van der Waals surface area contributed by atoms with E-state index in [-0.39, 0.29) is 5.97 Å². The summed E-state index contributed by atoms with van der Waals surface area (Å²) in [6.07, 6.45) is 0.406. The summed E-state index contributed by atoms with van der Waals surface area (Å²) in [6, 6.07) is 8.23. The Hall–Kier alpha value is -1.35. The maximum atomic E-state index is 11.5. The molecule has 18 heavy (non-hydrogen) atoms. The number of hydrogen-bond acceptors (Lipinski definition) is 3. The molecule has 0 fully saturated rings. The lowest BCUT2D eigenvalue weighted by molar-refractivity contribution is -0.154. The molecule has 0 atom stereocenters. The summed E-state index contributed by atoms with van der Waals surface area (Å²) in [4.78, 5) is 11.5. The third-order valence-corrected chi connectivity index (χ3v) is 2.50. The zero-order valence-corrected chi connectivity index (χ0v) is 11.7. The van der Waals surface area contributed by atoms with E-state index in [1.54, 1.807) is 0 Å². The Kier molecular flexibility index (Phi) is 5.35. The summed E-state index contributed by atoms with van der Waals surface area (Å²) in [5, 5.41) is 3.26.